The highest BCUT2D eigenvalue weighted by molar-refractivity contribution is 5.71. The third-order valence-corrected chi connectivity index (χ3v) is 10.9. The molecule has 0 aromatic heterocycles. The van der Waals surface area contributed by atoms with E-state index in [0.717, 1.165) is 96.3 Å². The maximum Gasteiger partial charge on any atom is 0.306 e. The number of allylic oxidation sites excluding steroid dienone is 20. The van der Waals surface area contributed by atoms with Crippen LogP contribution in [0.3, 0.4) is 0 Å². The van der Waals surface area contributed by atoms with Crippen molar-refractivity contribution in [1.82, 2.24) is 0 Å². The van der Waals surface area contributed by atoms with E-state index in [1.807, 2.05) is 0 Å². The van der Waals surface area contributed by atoms with Gasteiger partial charge in [-0.2, -0.15) is 0 Å². The third-order valence-electron chi connectivity index (χ3n) is 10.9. The second-order valence-corrected chi connectivity index (χ2v) is 17.4. The molecule has 0 aliphatic rings. The van der Waals surface area contributed by atoms with Gasteiger partial charge >= 0.3 is 17.9 Å². The second kappa shape index (κ2) is 54.4. The molecule has 6 heteroatoms. The maximum absolute atomic E-state index is 12.8. The summed E-state index contributed by atoms with van der Waals surface area (Å²) in [7, 11) is 0. The average molecular weight is 927 g/mol. The minimum absolute atomic E-state index is 0.130. The van der Waals surface area contributed by atoms with Gasteiger partial charge in [-0.15, -0.1) is 0 Å². The highest BCUT2D eigenvalue weighted by Crippen LogP contribution is 2.12. The molecule has 0 aromatic rings. The summed E-state index contributed by atoms with van der Waals surface area (Å²) >= 11 is 0. The molecular formula is C61H98O6. The Morgan fingerprint density at radius 2 is 0.597 bits per heavy atom. The van der Waals surface area contributed by atoms with Crippen molar-refractivity contribution in [3.8, 4) is 0 Å². The first-order valence-electron chi connectivity index (χ1n) is 27.0. The van der Waals surface area contributed by atoms with Crippen molar-refractivity contribution >= 4 is 17.9 Å². The van der Waals surface area contributed by atoms with Crippen LogP contribution in [-0.4, -0.2) is 37.2 Å². The zero-order valence-corrected chi connectivity index (χ0v) is 43.1. The molecular weight excluding hydrogens is 829 g/mol. The quantitative estimate of drug-likeness (QED) is 0.0262. The molecule has 0 aliphatic heterocycles. The first kappa shape index (κ1) is 62.8. The normalized spacial score (nSPS) is 13.1. The van der Waals surface area contributed by atoms with Gasteiger partial charge < -0.3 is 14.2 Å². The Morgan fingerprint density at radius 1 is 0.313 bits per heavy atom. The van der Waals surface area contributed by atoms with Gasteiger partial charge in [0.05, 0.1) is 0 Å². The van der Waals surface area contributed by atoms with E-state index in [4.69, 9.17) is 14.2 Å². The SMILES string of the molecule is CCC=CCC=CCC=CCC=CCC=CCCCC(=O)OC[C@@H](COC(=O)CCCC=CCC=CCC=CCC=CCCCCC)OC(=O)CCCCCCCC=CCCCCCCCC. The number of hydrogen-bond acceptors (Lipinski definition) is 6. The molecule has 0 fully saturated rings. The van der Waals surface area contributed by atoms with Gasteiger partial charge in [-0.3, -0.25) is 14.4 Å². The molecule has 1 atom stereocenters. The molecule has 0 unspecified atom stereocenters. The van der Waals surface area contributed by atoms with Gasteiger partial charge in [0.15, 0.2) is 6.10 Å². The molecule has 0 rings (SSSR count). The molecule has 0 saturated carbocycles. The van der Waals surface area contributed by atoms with Crippen molar-refractivity contribution in [3.63, 3.8) is 0 Å². The van der Waals surface area contributed by atoms with Gasteiger partial charge in [-0.1, -0.05) is 206 Å². The molecule has 0 bridgehead atoms. The van der Waals surface area contributed by atoms with Crippen LogP contribution in [-0.2, 0) is 28.6 Å². The number of esters is 3. The van der Waals surface area contributed by atoms with Crippen molar-refractivity contribution in [2.45, 2.75) is 232 Å². The van der Waals surface area contributed by atoms with Crippen LogP contribution in [0.2, 0.25) is 0 Å². The number of rotatable bonds is 47. The summed E-state index contributed by atoms with van der Waals surface area (Å²) in [5.74, 6) is -1.05. The Labute approximate surface area is 412 Å². The largest absolute Gasteiger partial charge is 0.462 e. The first-order chi connectivity index (χ1) is 33.0. The van der Waals surface area contributed by atoms with Crippen molar-refractivity contribution in [1.29, 1.82) is 0 Å². The molecule has 378 valence electrons. The van der Waals surface area contributed by atoms with Gasteiger partial charge in [-0.05, 0) is 122 Å². The monoisotopic (exact) mass is 927 g/mol. The van der Waals surface area contributed by atoms with Crippen LogP contribution in [0.4, 0.5) is 0 Å². The van der Waals surface area contributed by atoms with E-state index in [1.54, 1.807) is 0 Å². The van der Waals surface area contributed by atoms with Crippen molar-refractivity contribution in [2.75, 3.05) is 13.2 Å². The van der Waals surface area contributed by atoms with Crippen LogP contribution in [0.25, 0.3) is 0 Å². The minimum Gasteiger partial charge on any atom is -0.462 e. The van der Waals surface area contributed by atoms with Crippen molar-refractivity contribution in [2.24, 2.45) is 0 Å². The maximum atomic E-state index is 12.8. The molecule has 0 heterocycles. The zero-order valence-electron chi connectivity index (χ0n) is 43.1. The fourth-order valence-corrected chi connectivity index (χ4v) is 6.88. The summed E-state index contributed by atoms with van der Waals surface area (Å²) in [6.07, 6.45) is 74.8. The van der Waals surface area contributed by atoms with Gasteiger partial charge in [-0.25, -0.2) is 0 Å². The van der Waals surface area contributed by atoms with Crippen LogP contribution >= 0.6 is 0 Å². The highest BCUT2D eigenvalue weighted by atomic mass is 16.6. The standard InChI is InChI=1S/C61H98O6/c1-4-7-10-13-16-19-22-25-28-30-33-35-38-41-44-47-50-53-59(62)65-56-58(67-61(64)55-52-49-46-43-40-37-32-27-24-21-18-15-12-9-6-3)57-66-60(63)54-51-48-45-42-39-36-34-31-29-26-23-20-17-14-11-8-5-2/h7,10,16-17,19-20,25-29,32-36,41-42,44-45,58H,4-6,8-9,11-15,18,21-24,30-31,37-40,43,46-57H2,1-3H3/t58-/m0/s1. The van der Waals surface area contributed by atoms with E-state index in [9.17, 15) is 14.4 Å². The lowest BCUT2D eigenvalue weighted by Gasteiger charge is -2.18. The van der Waals surface area contributed by atoms with E-state index < -0.39 is 6.10 Å². The summed E-state index contributed by atoms with van der Waals surface area (Å²) in [6.45, 7) is 6.37. The molecule has 67 heavy (non-hydrogen) atoms. The predicted molar refractivity (Wildman–Crippen MR) is 288 cm³/mol. The lowest BCUT2D eigenvalue weighted by atomic mass is 10.1. The Kier molecular flexibility index (Phi) is 51.0. The van der Waals surface area contributed by atoms with E-state index in [-0.39, 0.29) is 44.0 Å². The predicted octanol–water partition coefficient (Wildman–Crippen LogP) is 18.1. The molecule has 0 aliphatic carbocycles. The van der Waals surface area contributed by atoms with Crippen LogP contribution in [0, 0.1) is 0 Å². The Morgan fingerprint density at radius 3 is 1.00 bits per heavy atom. The number of carbonyl (C=O) groups is 3. The van der Waals surface area contributed by atoms with E-state index in [0.29, 0.717) is 19.3 Å². The molecule has 0 aromatic carbocycles. The van der Waals surface area contributed by atoms with Gasteiger partial charge in [0.2, 0.25) is 0 Å². The van der Waals surface area contributed by atoms with Crippen LogP contribution < -0.4 is 0 Å². The van der Waals surface area contributed by atoms with E-state index >= 15 is 0 Å². The van der Waals surface area contributed by atoms with E-state index in [2.05, 4.69) is 142 Å². The number of hydrogen-bond donors (Lipinski definition) is 0. The summed E-state index contributed by atoms with van der Waals surface area (Å²) < 4.78 is 16.7. The fraction of sp³-hybridized carbons (Fsp3) is 0.623. The lowest BCUT2D eigenvalue weighted by Crippen LogP contribution is -2.30. The molecule has 0 radical (unpaired) electrons. The third kappa shape index (κ3) is 52.6. The fourth-order valence-electron chi connectivity index (χ4n) is 6.88. The zero-order chi connectivity index (χ0) is 48.6. The Hall–Kier alpha value is -4.19. The van der Waals surface area contributed by atoms with Crippen molar-refractivity contribution < 1.29 is 28.6 Å². The van der Waals surface area contributed by atoms with Gasteiger partial charge in [0, 0.05) is 19.3 Å². The average Bonchev–Trinajstić information content (AvgIpc) is 3.33. The van der Waals surface area contributed by atoms with Crippen LogP contribution in [0.5, 0.6) is 0 Å². The summed E-state index contributed by atoms with van der Waals surface area (Å²) in [5, 5.41) is 0. The van der Waals surface area contributed by atoms with Crippen LogP contribution in [0.1, 0.15) is 226 Å². The van der Waals surface area contributed by atoms with Crippen molar-refractivity contribution in [3.05, 3.63) is 122 Å². The smallest absolute Gasteiger partial charge is 0.306 e. The molecule has 0 amide bonds. The topological polar surface area (TPSA) is 78.9 Å². The number of unbranched alkanes of at least 4 members (excludes halogenated alkanes) is 16. The minimum atomic E-state index is -0.831. The summed E-state index contributed by atoms with van der Waals surface area (Å²) in [5.41, 5.74) is 0. The number of ether oxygens (including phenoxy) is 3. The lowest BCUT2D eigenvalue weighted by molar-refractivity contribution is -0.167. The van der Waals surface area contributed by atoms with Gasteiger partial charge in [0.1, 0.15) is 13.2 Å². The van der Waals surface area contributed by atoms with Crippen LogP contribution in [0.15, 0.2) is 122 Å². The molecule has 0 spiro atoms. The Balaban J connectivity index is 4.59. The highest BCUT2D eigenvalue weighted by Gasteiger charge is 2.19. The molecule has 0 saturated heterocycles. The number of carbonyl (C=O) groups excluding carboxylic acids is 3. The summed E-state index contributed by atoms with van der Waals surface area (Å²) in [6, 6.07) is 0. The Bertz CT molecular complexity index is 1440. The van der Waals surface area contributed by atoms with Gasteiger partial charge in [0.25, 0.3) is 0 Å². The second-order valence-electron chi connectivity index (χ2n) is 17.4. The summed E-state index contributed by atoms with van der Waals surface area (Å²) in [4.78, 5) is 38.0. The first-order valence-corrected chi connectivity index (χ1v) is 27.0. The van der Waals surface area contributed by atoms with E-state index in [1.165, 1.54) is 77.0 Å². The molecule has 6 nitrogen and oxygen atoms in total. The molecule has 0 N–H and O–H groups in total.